The Morgan fingerprint density at radius 3 is 2.25 bits per heavy atom. The number of hydrogen-bond donors (Lipinski definition) is 0. The number of rotatable bonds is 0. The second-order valence-electron chi connectivity index (χ2n) is 7.00. The maximum Gasteiger partial charge on any atom is -0.00130 e. The molecular weight excluding hydrogens is 288 g/mol. The summed E-state index contributed by atoms with van der Waals surface area (Å²) in [5.41, 5.74) is 11.7. The van der Waals surface area contributed by atoms with Gasteiger partial charge in [-0.1, -0.05) is 60.7 Å². The number of fused-ring (bicyclic) bond motifs is 8. The van der Waals surface area contributed by atoms with E-state index < -0.39 is 0 Å². The molecule has 0 radical (unpaired) electrons. The first-order valence-electron chi connectivity index (χ1n) is 8.63. The Hall–Kier alpha value is -2.86. The van der Waals surface area contributed by atoms with E-state index in [0.717, 1.165) is 12.8 Å². The predicted molar refractivity (Wildman–Crippen MR) is 100 cm³/mol. The molecule has 0 saturated heterocycles. The third-order valence-corrected chi connectivity index (χ3v) is 5.68. The largest absolute Gasteiger partial charge is 0.0619 e. The van der Waals surface area contributed by atoms with E-state index in [1.54, 1.807) is 0 Å². The van der Waals surface area contributed by atoms with Gasteiger partial charge in [0.25, 0.3) is 0 Å². The molecule has 0 bridgehead atoms. The first kappa shape index (κ1) is 12.5. The maximum absolute atomic E-state index is 2.46. The van der Waals surface area contributed by atoms with E-state index in [1.807, 2.05) is 0 Å². The van der Waals surface area contributed by atoms with Crippen LogP contribution in [0.3, 0.4) is 0 Å². The molecule has 0 heterocycles. The fraction of sp³-hybridized carbons (Fsp3) is 0.0833. The molecular formula is C24H16. The average Bonchev–Trinajstić information content (AvgIpc) is 3.17. The van der Waals surface area contributed by atoms with Crippen LogP contribution in [0.1, 0.15) is 22.3 Å². The van der Waals surface area contributed by atoms with Gasteiger partial charge in [0.15, 0.2) is 0 Å². The maximum atomic E-state index is 2.46. The van der Waals surface area contributed by atoms with Crippen LogP contribution in [0, 0.1) is 0 Å². The summed E-state index contributed by atoms with van der Waals surface area (Å²) in [5.74, 6) is 0. The van der Waals surface area contributed by atoms with Crippen LogP contribution in [0.2, 0.25) is 0 Å². The smallest absolute Gasteiger partial charge is 0.00130 e. The van der Waals surface area contributed by atoms with Crippen LogP contribution in [-0.2, 0) is 12.8 Å². The van der Waals surface area contributed by atoms with Crippen LogP contribution in [0.5, 0.6) is 0 Å². The summed E-state index contributed by atoms with van der Waals surface area (Å²) in [6, 6.07) is 27.1. The second kappa shape index (κ2) is 4.36. The van der Waals surface area contributed by atoms with Gasteiger partial charge in [0.1, 0.15) is 0 Å². The van der Waals surface area contributed by atoms with Gasteiger partial charge in [-0.15, -0.1) is 0 Å². The lowest BCUT2D eigenvalue weighted by atomic mass is 9.95. The minimum absolute atomic E-state index is 1.06. The fourth-order valence-corrected chi connectivity index (χ4v) is 4.59. The molecule has 112 valence electrons. The quantitative estimate of drug-likeness (QED) is 0.324. The predicted octanol–water partition coefficient (Wildman–Crippen LogP) is 5.98. The van der Waals surface area contributed by atoms with Gasteiger partial charge in [0.2, 0.25) is 0 Å². The molecule has 0 atom stereocenters. The van der Waals surface area contributed by atoms with Gasteiger partial charge in [-0.2, -0.15) is 0 Å². The molecule has 0 N–H and O–H groups in total. The highest BCUT2D eigenvalue weighted by Crippen LogP contribution is 2.46. The van der Waals surface area contributed by atoms with Gasteiger partial charge >= 0.3 is 0 Å². The number of hydrogen-bond acceptors (Lipinski definition) is 0. The molecule has 4 aromatic carbocycles. The summed E-state index contributed by atoms with van der Waals surface area (Å²) in [7, 11) is 0. The van der Waals surface area contributed by atoms with Crippen molar-refractivity contribution in [3.63, 3.8) is 0 Å². The van der Waals surface area contributed by atoms with Crippen LogP contribution < -0.4 is 0 Å². The van der Waals surface area contributed by atoms with Gasteiger partial charge in [-0.05, 0) is 80.3 Å². The first-order valence-corrected chi connectivity index (χ1v) is 8.63. The topological polar surface area (TPSA) is 0 Å². The molecule has 0 heteroatoms. The molecule has 6 rings (SSSR count). The molecule has 4 aromatic rings. The van der Waals surface area contributed by atoms with E-state index >= 15 is 0 Å². The van der Waals surface area contributed by atoms with E-state index in [9.17, 15) is 0 Å². The molecule has 0 amide bonds. The van der Waals surface area contributed by atoms with Crippen molar-refractivity contribution >= 4 is 10.8 Å². The number of benzene rings is 4. The van der Waals surface area contributed by atoms with Gasteiger partial charge in [0.05, 0.1) is 0 Å². The van der Waals surface area contributed by atoms with E-state index in [4.69, 9.17) is 0 Å². The molecule has 0 aliphatic heterocycles. The minimum Gasteiger partial charge on any atom is -0.0619 e. The molecule has 0 spiro atoms. The summed E-state index contributed by atoms with van der Waals surface area (Å²) in [5, 5.41) is 2.73. The van der Waals surface area contributed by atoms with Crippen LogP contribution in [-0.4, -0.2) is 0 Å². The summed E-state index contributed by atoms with van der Waals surface area (Å²) in [6.45, 7) is 0. The van der Waals surface area contributed by atoms with E-state index in [0.29, 0.717) is 0 Å². The average molecular weight is 304 g/mol. The highest BCUT2D eigenvalue weighted by molar-refractivity contribution is 6.02. The summed E-state index contributed by atoms with van der Waals surface area (Å²) < 4.78 is 0. The Morgan fingerprint density at radius 1 is 0.500 bits per heavy atom. The normalized spacial score (nSPS) is 13.5. The summed E-state index contributed by atoms with van der Waals surface area (Å²) >= 11 is 0. The lowest BCUT2D eigenvalue weighted by Crippen LogP contribution is -1.86. The lowest BCUT2D eigenvalue weighted by molar-refractivity contribution is 1.24. The van der Waals surface area contributed by atoms with Crippen molar-refractivity contribution in [1.29, 1.82) is 0 Å². The van der Waals surface area contributed by atoms with E-state index in [1.165, 1.54) is 55.3 Å². The third kappa shape index (κ3) is 1.53. The first-order chi connectivity index (χ1) is 11.9. The highest BCUT2D eigenvalue weighted by atomic mass is 14.3. The Morgan fingerprint density at radius 2 is 1.25 bits per heavy atom. The van der Waals surface area contributed by atoms with Crippen molar-refractivity contribution in [3.8, 4) is 22.3 Å². The van der Waals surface area contributed by atoms with Gasteiger partial charge in [-0.3, -0.25) is 0 Å². The molecule has 0 unspecified atom stereocenters. The SMILES string of the molecule is c1ccc2c(c1)Cc1cc3c(cc1-2)Cc1ccc2ccccc2c1-3. The highest BCUT2D eigenvalue weighted by Gasteiger charge is 2.26. The van der Waals surface area contributed by atoms with Crippen LogP contribution in [0.25, 0.3) is 33.0 Å². The zero-order chi connectivity index (χ0) is 15.7. The second-order valence-corrected chi connectivity index (χ2v) is 7.00. The Kier molecular flexibility index (Phi) is 2.28. The van der Waals surface area contributed by atoms with Crippen LogP contribution in [0.4, 0.5) is 0 Å². The lowest BCUT2D eigenvalue weighted by Gasteiger charge is -2.09. The van der Waals surface area contributed by atoms with Crippen molar-refractivity contribution in [2.75, 3.05) is 0 Å². The standard InChI is InChI=1S/C24H16/c1-4-8-21-15(5-1)9-10-17-12-19-13-22-18(14-23(19)24(17)21)11-16-6-2-3-7-20(16)22/h1-10,13-14H,11-12H2. The minimum atomic E-state index is 1.06. The van der Waals surface area contributed by atoms with Crippen molar-refractivity contribution < 1.29 is 0 Å². The Balaban J connectivity index is 1.64. The Bertz CT molecular complexity index is 1150. The van der Waals surface area contributed by atoms with Crippen molar-refractivity contribution in [2.45, 2.75) is 12.8 Å². The zero-order valence-electron chi connectivity index (χ0n) is 13.3. The monoisotopic (exact) mass is 304 g/mol. The third-order valence-electron chi connectivity index (χ3n) is 5.68. The molecule has 0 fully saturated rings. The summed E-state index contributed by atoms with van der Waals surface area (Å²) in [6.07, 6.45) is 2.13. The molecule has 2 aliphatic rings. The van der Waals surface area contributed by atoms with Crippen molar-refractivity contribution in [1.82, 2.24) is 0 Å². The van der Waals surface area contributed by atoms with E-state index in [-0.39, 0.29) is 0 Å². The molecule has 0 saturated carbocycles. The van der Waals surface area contributed by atoms with Gasteiger partial charge in [-0.25, -0.2) is 0 Å². The fourth-order valence-electron chi connectivity index (χ4n) is 4.59. The van der Waals surface area contributed by atoms with Gasteiger partial charge in [0, 0.05) is 0 Å². The molecule has 2 aliphatic carbocycles. The van der Waals surface area contributed by atoms with Crippen molar-refractivity contribution in [2.24, 2.45) is 0 Å². The van der Waals surface area contributed by atoms with E-state index in [2.05, 4.69) is 72.8 Å². The zero-order valence-corrected chi connectivity index (χ0v) is 13.3. The van der Waals surface area contributed by atoms with Crippen molar-refractivity contribution in [3.05, 3.63) is 95.1 Å². The molecule has 24 heavy (non-hydrogen) atoms. The van der Waals surface area contributed by atoms with Gasteiger partial charge < -0.3 is 0 Å². The van der Waals surface area contributed by atoms with Crippen LogP contribution in [0.15, 0.2) is 72.8 Å². The van der Waals surface area contributed by atoms with Crippen LogP contribution >= 0.6 is 0 Å². The molecule has 0 nitrogen and oxygen atoms in total. The summed E-state index contributed by atoms with van der Waals surface area (Å²) in [4.78, 5) is 0. The Labute approximate surface area is 141 Å². The molecule has 0 aromatic heterocycles.